The summed E-state index contributed by atoms with van der Waals surface area (Å²) in [7, 11) is 0. The van der Waals surface area contributed by atoms with Crippen LogP contribution in [-0.2, 0) is 5.54 Å². The lowest BCUT2D eigenvalue weighted by molar-refractivity contribution is 0.183. The molecule has 1 aliphatic rings. The number of aryl methyl sites for hydroxylation is 1. The molecule has 0 saturated heterocycles. The molecule has 2 unspecified atom stereocenters. The first-order chi connectivity index (χ1) is 9.58. The molecule has 0 aliphatic heterocycles. The van der Waals surface area contributed by atoms with E-state index < -0.39 is 5.54 Å². The van der Waals surface area contributed by atoms with Crippen LogP contribution in [0.25, 0.3) is 11.4 Å². The number of aromatic nitrogens is 3. The Labute approximate surface area is 118 Å². The van der Waals surface area contributed by atoms with Crippen LogP contribution in [0.2, 0.25) is 0 Å². The molecule has 1 fully saturated rings. The molecule has 106 valence electrons. The van der Waals surface area contributed by atoms with Crippen LogP contribution in [0.4, 0.5) is 0 Å². The van der Waals surface area contributed by atoms with Crippen molar-refractivity contribution in [3.8, 4) is 11.4 Å². The van der Waals surface area contributed by atoms with E-state index in [0.29, 0.717) is 17.6 Å². The normalized spacial score (nSPS) is 26.6. The van der Waals surface area contributed by atoms with E-state index in [1.807, 2.05) is 13.0 Å². The maximum absolute atomic E-state index is 6.49. The van der Waals surface area contributed by atoms with E-state index in [2.05, 4.69) is 22.0 Å². The second-order valence-corrected chi connectivity index (χ2v) is 5.97. The third-order valence-corrected chi connectivity index (χ3v) is 4.16. The predicted octanol–water partition coefficient (Wildman–Crippen LogP) is 2.80. The Morgan fingerprint density at radius 2 is 2.30 bits per heavy atom. The smallest absolute Gasteiger partial charge is 0.247 e. The summed E-state index contributed by atoms with van der Waals surface area (Å²) in [5.74, 6) is 1.74. The van der Waals surface area contributed by atoms with Crippen LogP contribution >= 0.6 is 0 Å². The molecule has 3 rings (SSSR count). The van der Waals surface area contributed by atoms with Crippen molar-refractivity contribution in [1.82, 2.24) is 15.1 Å². The fraction of sp³-hybridized carbons (Fsp3) is 0.533. The molecule has 0 radical (unpaired) electrons. The number of pyridine rings is 1. The molecule has 2 aromatic heterocycles. The van der Waals surface area contributed by atoms with Crippen molar-refractivity contribution in [3.63, 3.8) is 0 Å². The molecule has 20 heavy (non-hydrogen) atoms. The first-order valence-electron chi connectivity index (χ1n) is 7.12. The highest BCUT2D eigenvalue weighted by Crippen LogP contribution is 2.37. The Kier molecular flexibility index (Phi) is 3.30. The second kappa shape index (κ2) is 4.98. The minimum atomic E-state index is -0.473. The summed E-state index contributed by atoms with van der Waals surface area (Å²) < 4.78 is 5.45. The minimum absolute atomic E-state index is 0.473. The first-order valence-corrected chi connectivity index (χ1v) is 7.12. The number of rotatable bonds is 2. The highest BCUT2D eigenvalue weighted by Gasteiger charge is 2.37. The highest BCUT2D eigenvalue weighted by molar-refractivity contribution is 5.57. The Morgan fingerprint density at radius 1 is 1.45 bits per heavy atom. The Hall–Kier alpha value is -1.75. The molecule has 0 aromatic carbocycles. The fourth-order valence-electron chi connectivity index (χ4n) is 3.02. The SMILES string of the molecule is Cc1ccncc1-c1noc(C2(N)CCCC(C)C2)n1. The van der Waals surface area contributed by atoms with Gasteiger partial charge in [0.05, 0.1) is 5.54 Å². The van der Waals surface area contributed by atoms with Gasteiger partial charge in [-0.05, 0) is 37.3 Å². The van der Waals surface area contributed by atoms with Gasteiger partial charge in [0.2, 0.25) is 11.7 Å². The van der Waals surface area contributed by atoms with E-state index in [1.165, 1.54) is 6.42 Å². The van der Waals surface area contributed by atoms with E-state index >= 15 is 0 Å². The summed E-state index contributed by atoms with van der Waals surface area (Å²) in [6.07, 6.45) is 7.67. The van der Waals surface area contributed by atoms with Crippen LogP contribution < -0.4 is 5.73 Å². The third kappa shape index (κ3) is 2.33. The molecule has 2 atom stereocenters. The van der Waals surface area contributed by atoms with Gasteiger partial charge < -0.3 is 10.3 Å². The van der Waals surface area contributed by atoms with Crippen molar-refractivity contribution in [1.29, 1.82) is 0 Å². The van der Waals surface area contributed by atoms with Gasteiger partial charge in [0.15, 0.2) is 0 Å². The molecule has 2 heterocycles. The van der Waals surface area contributed by atoms with Crippen molar-refractivity contribution in [2.45, 2.75) is 45.1 Å². The quantitative estimate of drug-likeness (QED) is 0.909. The van der Waals surface area contributed by atoms with E-state index in [0.717, 1.165) is 30.4 Å². The predicted molar refractivity (Wildman–Crippen MR) is 75.8 cm³/mol. The third-order valence-electron chi connectivity index (χ3n) is 4.16. The number of hydrogen-bond acceptors (Lipinski definition) is 5. The molecule has 0 spiro atoms. The van der Waals surface area contributed by atoms with Crippen molar-refractivity contribution in [2.24, 2.45) is 11.7 Å². The molecule has 1 saturated carbocycles. The van der Waals surface area contributed by atoms with Crippen LogP contribution in [-0.4, -0.2) is 15.1 Å². The maximum Gasteiger partial charge on any atom is 0.247 e. The Morgan fingerprint density at radius 3 is 3.05 bits per heavy atom. The minimum Gasteiger partial charge on any atom is -0.337 e. The molecule has 1 aliphatic carbocycles. The lowest BCUT2D eigenvalue weighted by Crippen LogP contribution is -2.41. The van der Waals surface area contributed by atoms with E-state index in [9.17, 15) is 0 Å². The van der Waals surface area contributed by atoms with E-state index in [4.69, 9.17) is 10.3 Å². The maximum atomic E-state index is 6.49. The molecule has 0 bridgehead atoms. The Bertz CT molecular complexity index is 609. The molecule has 5 nitrogen and oxygen atoms in total. The standard InChI is InChI=1S/C15H20N4O/c1-10-4-3-6-15(16,8-10)14-18-13(19-20-14)12-9-17-7-5-11(12)2/h5,7,9-10H,3-4,6,8,16H2,1-2H3. The molecular weight excluding hydrogens is 252 g/mol. The number of nitrogens with two attached hydrogens (primary N) is 1. The van der Waals surface area contributed by atoms with Crippen molar-refractivity contribution < 1.29 is 4.52 Å². The fourth-order valence-corrected chi connectivity index (χ4v) is 3.02. The summed E-state index contributed by atoms with van der Waals surface area (Å²) in [6.45, 7) is 4.23. The lowest BCUT2D eigenvalue weighted by Gasteiger charge is -2.33. The molecular formula is C15H20N4O. The average Bonchev–Trinajstić information content (AvgIpc) is 2.89. The van der Waals surface area contributed by atoms with Crippen LogP contribution in [0.3, 0.4) is 0 Å². The van der Waals surface area contributed by atoms with E-state index in [1.54, 1.807) is 12.4 Å². The van der Waals surface area contributed by atoms with Crippen LogP contribution in [0.5, 0.6) is 0 Å². The number of nitrogens with zero attached hydrogens (tertiary/aromatic N) is 3. The molecule has 2 aromatic rings. The molecule has 0 amide bonds. The zero-order valence-corrected chi connectivity index (χ0v) is 12.0. The molecule has 2 N–H and O–H groups in total. The van der Waals surface area contributed by atoms with Gasteiger partial charge in [0, 0.05) is 18.0 Å². The second-order valence-electron chi connectivity index (χ2n) is 5.97. The number of hydrogen-bond donors (Lipinski definition) is 1. The van der Waals surface area contributed by atoms with Gasteiger partial charge in [-0.1, -0.05) is 24.9 Å². The average molecular weight is 272 g/mol. The summed E-state index contributed by atoms with van der Waals surface area (Å²) in [6, 6.07) is 1.94. The van der Waals surface area contributed by atoms with Crippen molar-refractivity contribution >= 4 is 0 Å². The summed E-state index contributed by atoms with van der Waals surface area (Å²) >= 11 is 0. The van der Waals surface area contributed by atoms with Crippen LogP contribution in [0.1, 0.15) is 44.1 Å². The van der Waals surface area contributed by atoms with Crippen molar-refractivity contribution in [2.75, 3.05) is 0 Å². The molecule has 5 heteroatoms. The van der Waals surface area contributed by atoms with E-state index in [-0.39, 0.29) is 0 Å². The van der Waals surface area contributed by atoms with Gasteiger partial charge in [-0.3, -0.25) is 4.98 Å². The lowest BCUT2D eigenvalue weighted by atomic mass is 9.77. The summed E-state index contributed by atoms with van der Waals surface area (Å²) in [4.78, 5) is 8.65. The van der Waals surface area contributed by atoms with Gasteiger partial charge in [-0.2, -0.15) is 4.98 Å². The van der Waals surface area contributed by atoms with Gasteiger partial charge in [0.25, 0.3) is 0 Å². The topological polar surface area (TPSA) is 77.8 Å². The van der Waals surface area contributed by atoms with Gasteiger partial charge >= 0.3 is 0 Å². The van der Waals surface area contributed by atoms with Crippen LogP contribution in [0, 0.1) is 12.8 Å². The largest absolute Gasteiger partial charge is 0.337 e. The monoisotopic (exact) mass is 272 g/mol. The van der Waals surface area contributed by atoms with Crippen molar-refractivity contribution in [3.05, 3.63) is 29.9 Å². The highest BCUT2D eigenvalue weighted by atomic mass is 16.5. The summed E-state index contributed by atoms with van der Waals surface area (Å²) in [5, 5.41) is 4.09. The first kappa shape index (κ1) is 13.2. The summed E-state index contributed by atoms with van der Waals surface area (Å²) in [5.41, 5.74) is 7.99. The zero-order valence-electron chi connectivity index (χ0n) is 12.0. The Balaban J connectivity index is 1.92. The van der Waals surface area contributed by atoms with Gasteiger partial charge in [-0.15, -0.1) is 0 Å². The van der Waals surface area contributed by atoms with Gasteiger partial charge in [0.1, 0.15) is 0 Å². The zero-order chi connectivity index (χ0) is 14.2. The van der Waals surface area contributed by atoms with Gasteiger partial charge in [-0.25, -0.2) is 0 Å². The van der Waals surface area contributed by atoms with Crippen LogP contribution in [0.15, 0.2) is 23.0 Å².